The number of thiocarbonyl (C=S) groups is 1. The number of nitrogens with one attached hydrogen (secondary N) is 1. The molecule has 0 aromatic heterocycles. The lowest BCUT2D eigenvalue weighted by Gasteiger charge is -2.01. The maximum Gasteiger partial charge on any atom is 0.293 e. The summed E-state index contributed by atoms with van der Waals surface area (Å²) in [4.78, 5) is 9.47. The van der Waals surface area contributed by atoms with Gasteiger partial charge in [0, 0.05) is 0 Å². The maximum atomic E-state index is 10.2. The normalized spacial score (nSPS) is 10.8. The number of nitrogens with two attached hydrogens (primary N) is 1. The van der Waals surface area contributed by atoms with Crippen LogP contribution in [0.1, 0.15) is 0 Å². The molecule has 0 rings (SSSR count). The highest BCUT2D eigenvalue weighted by atomic mass is 32.2. The highest BCUT2D eigenvalue weighted by molar-refractivity contribution is 8.21. The number of carbonyl (C=O) groups is 1. The zero-order valence-electron chi connectivity index (χ0n) is 8.02. The van der Waals surface area contributed by atoms with Crippen LogP contribution < -0.4 is 10.5 Å². The van der Waals surface area contributed by atoms with Crippen molar-refractivity contribution in [1.82, 2.24) is 4.72 Å². The molecule has 0 bridgehead atoms. The van der Waals surface area contributed by atoms with Crippen molar-refractivity contribution in [3.8, 4) is 0 Å². The molecule has 3 N–H and O–H groups in total. The summed E-state index contributed by atoms with van der Waals surface area (Å²) >= 11 is 4.87. The van der Waals surface area contributed by atoms with Gasteiger partial charge in [-0.25, -0.2) is 0 Å². The molecular formula is C6H14N2O3S3. The lowest BCUT2D eigenvalue weighted by atomic mass is 10.9. The van der Waals surface area contributed by atoms with E-state index in [4.69, 9.17) is 5.73 Å². The molecule has 0 amide bonds. The molecule has 1 unspecified atom stereocenters. The Kier molecular flexibility index (Phi) is 15.2. The first-order valence-corrected chi connectivity index (χ1v) is 6.48. The van der Waals surface area contributed by atoms with Gasteiger partial charge in [-0.15, -0.1) is 0 Å². The van der Waals surface area contributed by atoms with Crippen LogP contribution in [0.15, 0.2) is 0 Å². The quantitative estimate of drug-likeness (QED) is 0.229. The maximum absolute atomic E-state index is 10.2. The fraction of sp³-hybridized carbons (Fsp3) is 0.667. The van der Waals surface area contributed by atoms with Crippen molar-refractivity contribution in [3.05, 3.63) is 0 Å². The van der Waals surface area contributed by atoms with Crippen molar-refractivity contribution in [1.29, 1.82) is 0 Å². The van der Waals surface area contributed by atoms with E-state index in [1.165, 1.54) is 11.9 Å². The standard InChI is InChI=1S/C4H8O3S.C2H6N2S2/c1-8(6)3-2-7-4-5;1-4-6-2(3)5/h4H,2-3H2,1H3;4H,1H3,(H2,3,5). The van der Waals surface area contributed by atoms with E-state index in [0.717, 1.165) is 0 Å². The van der Waals surface area contributed by atoms with Gasteiger partial charge in [0.25, 0.3) is 6.47 Å². The van der Waals surface area contributed by atoms with Crippen LogP contribution in [0.3, 0.4) is 0 Å². The molecule has 0 aliphatic heterocycles. The van der Waals surface area contributed by atoms with Crippen LogP contribution in [-0.4, -0.2) is 41.0 Å². The van der Waals surface area contributed by atoms with Crippen molar-refractivity contribution in [3.63, 3.8) is 0 Å². The molecule has 0 aromatic carbocycles. The molecule has 0 radical (unpaired) electrons. The molecule has 0 spiro atoms. The largest absolute Gasteiger partial charge is 0.616 e. The zero-order valence-corrected chi connectivity index (χ0v) is 10.5. The molecule has 0 aliphatic rings. The average molecular weight is 258 g/mol. The van der Waals surface area contributed by atoms with Crippen LogP contribution in [0.2, 0.25) is 0 Å². The highest BCUT2D eigenvalue weighted by Gasteiger charge is 1.93. The summed E-state index contributed by atoms with van der Waals surface area (Å²) < 4.78 is 17.7. The van der Waals surface area contributed by atoms with Gasteiger partial charge in [0.05, 0.1) is 6.26 Å². The Hall–Kier alpha value is -0.0200. The van der Waals surface area contributed by atoms with E-state index in [9.17, 15) is 9.35 Å². The molecule has 0 aliphatic carbocycles. The zero-order chi connectivity index (χ0) is 11.4. The van der Waals surface area contributed by atoms with E-state index in [2.05, 4.69) is 21.7 Å². The fourth-order valence-corrected chi connectivity index (χ4v) is 1.10. The molecule has 84 valence electrons. The summed E-state index contributed by atoms with van der Waals surface area (Å²) in [5, 5.41) is 0. The van der Waals surface area contributed by atoms with Gasteiger partial charge in [-0.1, -0.05) is 23.4 Å². The molecule has 0 heterocycles. The SMILES string of the molecule is CNSC(N)=S.C[S+]([O-])CCOC=O. The van der Waals surface area contributed by atoms with Crippen molar-refractivity contribution in [2.45, 2.75) is 0 Å². The first-order chi connectivity index (χ1) is 6.54. The second-order valence-corrected chi connectivity index (χ2v) is 5.17. The van der Waals surface area contributed by atoms with Gasteiger partial charge >= 0.3 is 0 Å². The van der Waals surface area contributed by atoms with Gasteiger partial charge < -0.3 is 15.0 Å². The first-order valence-electron chi connectivity index (χ1n) is 3.52. The van der Waals surface area contributed by atoms with E-state index < -0.39 is 11.2 Å². The van der Waals surface area contributed by atoms with Crippen molar-refractivity contribution < 1.29 is 14.1 Å². The number of carbonyl (C=O) groups excluding carboxylic acids is 1. The monoisotopic (exact) mass is 258 g/mol. The summed E-state index contributed by atoms with van der Waals surface area (Å²) in [5.41, 5.74) is 5.03. The summed E-state index contributed by atoms with van der Waals surface area (Å²) in [7, 11) is 1.77. The van der Waals surface area contributed by atoms with Crippen molar-refractivity contribution in [2.24, 2.45) is 5.73 Å². The lowest BCUT2D eigenvalue weighted by molar-refractivity contribution is -0.128. The second-order valence-electron chi connectivity index (χ2n) is 1.87. The molecule has 0 saturated heterocycles. The predicted octanol–water partition coefficient (Wildman–Crippen LogP) is -0.364. The minimum atomic E-state index is -0.851. The van der Waals surface area contributed by atoms with Crippen LogP contribution >= 0.6 is 24.2 Å². The third-order valence-corrected chi connectivity index (χ3v) is 2.16. The van der Waals surface area contributed by atoms with E-state index in [-0.39, 0.29) is 6.61 Å². The highest BCUT2D eigenvalue weighted by Crippen LogP contribution is 1.86. The summed E-state index contributed by atoms with van der Waals surface area (Å²) in [6, 6.07) is 0. The molecule has 0 aromatic rings. The number of hydrogen-bond acceptors (Lipinski definition) is 6. The van der Waals surface area contributed by atoms with E-state index in [0.29, 0.717) is 16.5 Å². The molecule has 8 heteroatoms. The number of hydrogen-bond donors (Lipinski definition) is 2. The summed E-state index contributed by atoms with van der Waals surface area (Å²) in [5.74, 6) is 0.429. The van der Waals surface area contributed by atoms with Crippen LogP contribution in [0.25, 0.3) is 0 Å². The van der Waals surface area contributed by atoms with Crippen molar-refractivity contribution in [2.75, 3.05) is 25.7 Å². The topological polar surface area (TPSA) is 87.4 Å². The van der Waals surface area contributed by atoms with Gasteiger partial charge in [0.1, 0.15) is 16.7 Å². The van der Waals surface area contributed by atoms with Gasteiger partial charge in [-0.05, 0) is 19.0 Å². The molecule has 1 atom stereocenters. The molecular weight excluding hydrogens is 244 g/mol. The second kappa shape index (κ2) is 13.0. The minimum absolute atomic E-state index is 0.257. The predicted molar refractivity (Wildman–Crippen MR) is 64.4 cm³/mol. The van der Waals surface area contributed by atoms with Gasteiger partial charge in [-0.3, -0.25) is 9.52 Å². The van der Waals surface area contributed by atoms with Gasteiger partial charge in [0.15, 0.2) is 0 Å². The smallest absolute Gasteiger partial charge is 0.293 e. The Balaban J connectivity index is 0. The van der Waals surface area contributed by atoms with Gasteiger partial charge in [-0.2, -0.15) is 0 Å². The lowest BCUT2D eigenvalue weighted by Crippen LogP contribution is -2.09. The Morgan fingerprint density at radius 1 is 1.86 bits per heavy atom. The number of ether oxygens (including phenoxy) is 1. The number of rotatable bonds is 5. The fourth-order valence-electron chi connectivity index (χ4n) is 0.314. The molecule has 14 heavy (non-hydrogen) atoms. The Morgan fingerprint density at radius 3 is 2.64 bits per heavy atom. The summed E-state index contributed by atoms with van der Waals surface area (Å²) in [6.07, 6.45) is 1.56. The molecule has 0 fully saturated rings. The Labute approximate surface area is 96.4 Å². The average Bonchev–Trinajstić information content (AvgIpc) is 2.05. The van der Waals surface area contributed by atoms with Crippen molar-refractivity contribution >= 4 is 46.1 Å². The third kappa shape index (κ3) is 22.7. The first kappa shape index (κ1) is 16.4. The Bertz CT molecular complexity index is 157. The van der Waals surface area contributed by atoms with Crippen LogP contribution in [0.4, 0.5) is 0 Å². The summed E-state index contributed by atoms with van der Waals surface area (Å²) in [6.45, 7) is 0.611. The van der Waals surface area contributed by atoms with Crippen LogP contribution in [0, 0.1) is 0 Å². The third-order valence-electron chi connectivity index (χ3n) is 0.759. The van der Waals surface area contributed by atoms with Crippen LogP contribution in [-0.2, 0) is 20.7 Å². The Morgan fingerprint density at radius 2 is 2.43 bits per heavy atom. The van der Waals surface area contributed by atoms with E-state index >= 15 is 0 Å². The van der Waals surface area contributed by atoms with E-state index in [1.54, 1.807) is 13.3 Å². The molecule has 5 nitrogen and oxygen atoms in total. The molecule has 0 saturated carbocycles. The van der Waals surface area contributed by atoms with Gasteiger partial charge in [0.2, 0.25) is 0 Å². The van der Waals surface area contributed by atoms with Crippen LogP contribution in [0.5, 0.6) is 0 Å². The minimum Gasteiger partial charge on any atom is -0.616 e. The van der Waals surface area contributed by atoms with E-state index in [1.807, 2.05) is 0 Å².